The molecule has 31 heavy (non-hydrogen) atoms. The molecule has 0 radical (unpaired) electrons. The summed E-state index contributed by atoms with van der Waals surface area (Å²) in [4.78, 5) is 29.2. The van der Waals surface area contributed by atoms with Gasteiger partial charge in [0.2, 0.25) is 0 Å². The van der Waals surface area contributed by atoms with Gasteiger partial charge >= 0.3 is 5.97 Å². The first kappa shape index (κ1) is 19.3. The number of hydrogen-bond acceptors (Lipinski definition) is 4. The highest BCUT2D eigenvalue weighted by Crippen LogP contribution is 2.34. The molecule has 0 bridgehead atoms. The molecule has 1 aliphatic rings. The van der Waals surface area contributed by atoms with E-state index in [1.165, 1.54) is 25.5 Å². The third-order valence-corrected chi connectivity index (χ3v) is 6.08. The van der Waals surface area contributed by atoms with Crippen molar-refractivity contribution in [2.45, 2.75) is 38.1 Å². The highest BCUT2D eigenvalue weighted by molar-refractivity contribution is 6.08. The van der Waals surface area contributed by atoms with Crippen molar-refractivity contribution < 1.29 is 14.3 Å². The van der Waals surface area contributed by atoms with E-state index < -0.39 is 11.9 Å². The topological polar surface area (TPSA) is 87.2 Å². The van der Waals surface area contributed by atoms with Gasteiger partial charge in [-0.15, -0.1) is 0 Å². The third kappa shape index (κ3) is 3.65. The highest BCUT2D eigenvalue weighted by atomic mass is 16.5. The molecular weight excluding hydrogens is 390 g/mol. The minimum absolute atomic E-state index is 0.353. The average Bonchev–Trinajstić information content (AvgIpc) is 3.19. The summed E-state index contributed by atoms with van der Waals surface area (Å²) in [5, 5.41) is 1.58. The Hall–Kier alpha value is -3.67. The quantitative estimate of drug-likeness (QED) is 0.476. The largest absolute Gasteiger partial charge is 0.421 e. The van der Waals surface area contributed by atoms with Crippen molar-refractivity contribution in [2.24, 2.45) is 5.73 Å². The van der Waals surface area contributed by atoms with Crippen LogP contribution in [-0.4, -0.2) is 21.4 Å². The van der Waals surface area contributed by atoms with E-state index in [1.807, 2.05) is 36.5 Å². The number of ether oxygens (including phenoxy) is 1. The van der Waals surface area contributed by atoms with E-state index in [2.05, 4.69) is 9.55 Å². The Morgan fingerprint density at radius 3 is 2.65 bits per heavy atom. The molecule has 2 N–H and O–H groups in total. The van der Waals surface area contributed by atoms with E-state index in [1.54, 1.807) is 18.2 Å². The first-order valence-electron chi connectivity index (χ1n) is 10.6. The summed E-state index contributed by atoms with van der Waals surface area (Å²) in [6.45, 7) is 0. The van der Waals surface area contributed by atoms with Gasteiger partial charge in [0.1, 0.15) is 5.75 Å². The number of rotatable bonds is 4. The Morgan fingerprint density at radius 1 is 1.03 bits per heavy atom. The minimum Gasteiger partial charge on any atom is -0.421 e. The van der Waals surface area contributed by atoms with Gasteiger partial charge in [-0.25, -0.2) is 4.79 Å². The maximum atomic E-state index is 12.8. The fourth-order valence-corrected chi connectivity index (χ4v) is 4.51. The maximum Gasteiger partial charge on any atom is 0.343 e. The van der Waals surface area contributed by atoms with Crippen molar-refractivity contribution in [3.8, 4) is 5.75 Å². The van der Waals surface area contributed by atoms with Crippen LogP contribution in [0.4, 0.5) is 0 Å². The summed E-state index contributed by atoms with van der Waals surface area (Å²) >= 11 is 0. The lowest BCUT2D eigenvalue weighted by atomic mass is 9.95. The number of hydrogen-bond donors (Lipinski definition) is 1. The molecule has 5 rings (SSSR count). The van der Waals surface area contributed by atoms with Crippen LogP contribution in [0, 0.1) is 0 Å². The molecule has 4 aromatic rings. The summed E-state index contributed by atoms with van der Waals surface area (Å²) in [6, 6.07) is 15.1. The Morgan fingerprint density at radius 2 is 1.84 bits per heavy atom. The maximum absolute atomic E-state index is 12.8. The molecule has 156 valence electrons. The number of para-hydroxylation sites is 1. The predicted octanol–water partition coefficient (Wildman–Crippen LogP) is 5.01. The van der Waals surface area contributed by atoms with Crippen molar-refractivity contribution in [2.75, 3.05) is 0 Å². The molecule has 2 aromatic carbocycles. The second-order valence-corrected chi connectivity index (χ2v) is 8.09. The number of nitrogens with zero attached hydrogens (tertiary/aromatic N) is 2. The molecule has 1 saturated carbocycles. The lowest BCUT2D eigenvalue weighted by molar-refractivity contribution is 0.0734. The van der Waals surface area contributed by atoms with E-state index in [9.17, 15) is 9.59 Å². The smallest absolute Gasteiger partial charge is 0.343 e. The first-order chi connectivity index (χ1) is 15.1. The van der Waals surface area contributed by atoms with Crippen LogP contribution in [-0.2, 0) is 0 Å². The van der Waals surface area contributed by atoms with E-state index >= 15 is 0 Å². The summed E-state index contributed by atoms with van der Waals surface area (Å²) in [5.74, 6) is -0.623. The number of carbonyl (C=O) groups excluding carboxylic acids is 2. The van der Waals surface area contributed by atoms with Crippen LogP contribution < -0.4 is 10.5 Å². The number of aromatic nitrogens is 2. The molecule has 2 aromatic heterocycles. The van der Waals surface area contributed by atoms with Crippen LogP contribution in [0.2, 0.25) is 0 Å². The first-order valence-corrected chi connectivity index (χ1v) is 10.6. The van der Waals surface area contributed by atoms with Gasteiger partial charge in [-0.3, -0.25) is 9.78 Å². The number of esters is 1. The number of amides is 1. The summed E-state index contributed by atoms with van der Waals surface area (Å²) in [5.41, 5.74) is 8.20. The van der Waals surface area contributed by atoms with Crippen LogP contribution in [0.25, 0.3) is 21.8 Å². The van der Waals surface area contributed by atoms with Gasteiger partial charge in [0.25, 0.3) is 5.91 Å². The third-order valence-electron chi connectivity index (χ3n) is 6.08. The SMILES string of the molecule is NC(=O)c1cn(C2CCCCC2)c2ccc(C(=O)Oc3cnc4ccccc4c3)cc12. The molecule has 2 heterocycles. The van der Waals surface area contributed by atoms with Gasteiger partial charge in [-0.2, -0.15) is 0 Å². The number of nitrogens with two attached hydrogens (primary N) is 1. The second-order valence-electron chi connectivity index (χ2n) is 8.09. The summed E-state index contributed by atoms with van der Waals surface area (Å²) in [6.07, 6.45) is 9.15. The van der Waals surface area contributed by atoms with Crippen LogP contribution in [0.5, 0.6) is 5.75 Å². The Bertz CT molecular complexity index is 1300. The lowest BCUT2D eigenvalue weighted by Crippen LogP contribution is -2.13. The van der Waals surface area contributed by atoms with Crippen LogP contribution in [0.1, 0.15) is 58.9 Å². The molecular formula is C25H23N3O3. The van der Waals surface area contributed by atoms with Gasteiger partial charge in [0.05, 0.1) is 22.8 Å². The van der Waals surface area contributed by atoms with Gasteiger partial charge in [0.15, 0.2) is 0 Å². The highest BCUT2D eigenvalue weighted by Gasteiger charge is 2.22. The number of fused-ring (bicyclic) bond motifs is 2. The normalized spacial score (nSPS) is 14.7. The minimum atomic E-state index is -0.500. The van der Waals surface area contributed by atoms with Crippen molar-refractivity contribution >= 4 is 33.7 Å². The van der Waals surface area contributed by atoms with E-state index in [4.69, 9.17) is 10.5 Å². The molecule has 0 aliphatic heterocycles. The number of carbonyl (C=O) groups is 2. The van der Waals surface area contributed by atoms with Gasteiger partial charge < -0.3 is 15.0 Å². The van der Waals surface area contributed by atoms with Crippen molar-refractivity contribution in [3.63, 3.8) is 0 Å². The predicted molar refractivity (Wildman–Crippen MR) is 119 cm³/mol. The standard InChI is InChI=1S/C25H23N3O3/c26-24(29)21-15-28(18-7-2-1-3-8-18)23-11-10-17(13-20(21)23)25(30)31-19-12-16-6-4-5-9-22(16)27-14-19/h4-6,9-15,18H,1-3,7-8H2,(H2,26,29). The van der Waals surface area contributed by atoms with E-state index in [-0.39, 0.29) is 0 Å². The fraction of sp³-hybridized carbons (Fsp3) is 0.240. The number of pyridine rings is 1. The Kier molecular flexibility index (Phi) is 4.90. The zero-order valence-corrected chi connectivity index (χ0v) is 17.1. The molecule has 6 heteroatoms. The van der Waals surface area contributed by atoms with Crippen molar-refractivity contribution in [3.05, 3.63) is 72.1 Å². The molecule has 0 saturated heterocycles. The van der Waals surface area contributed by atoms with Crippen molar-refractivity contribution in [1.29, 1.82) is 0 Å². The zero-order valence-electron chi connectivity index (χ0n) is 17.1. The molecule has 1 fully saturated rings. The van der Waals surface area contributed by atoms with E-state index in [0.717, 1.165) is 29.3 Å². The monoisotopic (exact) mass is 413 g/mol. The molecule has 0 atom stereocenters. The van der Waals surface area contributed by atoms with Gasteiger partial charge in [-0.1, -0.05) is 37.5 Å². The van der Waals surface area contributed by atoms with Crippen molar-refractivity contribution in [1.82, 2.24) is 9.55 Å². The van der Waals surface area contributed by atoms with Gasteiger partial charge in [-0.05, 0) is 43.2 Å². The molecule has 0 spiro atoms. The average molecular weight is 413 g/mol. The second kappa shape index (κ2) is 7.87. The lowest BCUT2D eigenvalue weighted by Gasteiger charge is -2.24. The Balaban J connectivity index is 1.48. The zero-order chi connectivity index (χ0) is 21.4. The Labute approximate surface area is 179 Å². The van der Waals surface area contributed by atoms with Gasteiger partial charge in [0, 0.05) is 28.5 Å². The fourth-order valence-electron chi connectivity index (χ4n) is 4.51. The van der Waals surface area contributed by atoms with Crippen LogP contribution in [0.15, 0.2) is 60.9 Å². The molecule has 6 nitrogen and oxygen atoms in total. The molecule has 1 aliphatic carbocycles. The molecule has 1 amide bonds. The van der Waals surface area contributed by atoms with E-state index in [0.29, 0.717) is 28.3 Å². The summed E-state index contributed by atoms with van der Waals surface area (Å²) in [7, 11) is 0. The summed E-state index contributed by atoms with van der Waals surface area (Å²) < 4.78 is 7.71. The molecule has 0 unspecified atom stereocenters. The van der Waals surface area contributed by atoms with Crippen LogP contribution in [0.3, 0.4) is 0 Å². The number of primary amides is 1. The number of benzene rings is 2. The van der Waals surface area contributed by atoms with Crippen LogP contribution >= 0.6 is 0 Å².